The molecule has 0 heterocycles. The van der Waals surface area contributed by atoms with E-state index in [0.717, 1.165) is 11.8 Å². The van der Waals surface area contributed by atoms with Gasteiger partial charge in [-0.1, -0.05) is 12.1 Å². The summed E-state index contributed by atoms with van der Waals surface area (Å²) < 4.78 is 48.7. The van der Waals surface area contributed by atoms with Crippen LogP contribution >= 0.6 is 0 Å². The van der Waals surface area contributed by atoms with Crippen LogP contribution in [0.15, 0.2) is 29.2 Å². The lowest BCUT2D eigenvalue weighted by Gasteiger charge is -2.16. The third-order valence-corrected chi connectivity index (χ3v) is 5.82. The number of benzene rings is 1. The summed E-state index contributed by atoms with van der Waals surface area (Å²) in [5, 5.41) is -0.509. The Hall–Kier alpha value is -0.920. The molecule has 0 bridgehead atoms. The number of sulfone groups is 1. The highest BCUT2D eigenvalue weighted by Gasteiger charge is 2.19. The Labute approximate surface area is 115 Å². The van der Waals surface area contributed by atoms with Crippen molar-refractivity contribution in [2.75, 3.05) is 6.26 Å². The van der Waals surface area contributed by atoms with Gasteiger partial charge in [-0.2, -0.15) is 0 Å². The number of nitrogens with one attached hydrogen (secondary N) is 1. The standard InChI is InChI=1S/C12H19NO4S2/c1-9(2)19(16,17)13-10(3)11-5-7-12(8-6-11)18(4,14)15/h5-10,13H,1-4H3. The van der Waals surface area contributed by atoms with E-state index in [0.29, 0.717) is 0 Å². The molecule has 0 amide bonds. The van der Waals surface area contributed by atoms with Gasteiger partial charge in [-0.25, -0.2) is 21.6 Å². The number of hydrogen-bond donors (Lipinski definition) is 1. The average molecular weight is 305 g/mol. The molecular formula is C12H19NO4S2. The van der Waals surface area contributed by atoms with E-state index in [2.05, 4.69) is 4.72 Å². The Bertz CT molecular complexity index is 631. The zero-order valence-corrected chi connectivity index (χ0v) is 13.0. The van der Waals surface area contributed by atoms with Crippen molar-refractivity contribution >= 4 is 19.9 Å². The van der Waals surface area contributed by atoms with Crippen LogP contribution in [0.1, 0.15) is 32.4 Å². The van der Waals surface area contributed by atoms with Crippen molar-refractivity contribution < 1.29 is 16.8 Å². The fraction of sp³-hybridized carbons (Fsp3) is 0.500. The van der Waals surface area contributed by atoms with E-state index >= 15 is 0 Å². The van der Waals surface area contributed by atoms with E-state index in [-0.39, 0.29) is 4.90 Å². The molecular weight excluding hydrogens is 286 g/mol. The van der Waals surface area contributed by atoms with Crippen molar-refractivity contribution in [1.82, 2.24) is 4.72 Å². The lowest BCUT2D eigenvalue weighted by Crippen LogP contribution is -2.32. The smallest absolute Gasteiger partial charge is 0.214 e. The van der Waals surface area contributed by atoms with Crippen LogP contribution in [-0.4, -0.2) is 28.3 Å². The van der Waals surface area contributed by atoms with Crippen molar-refractivity contribution in [2.45, 2.75) is 37.0 Å². The Morgan fingerprint density at radius 1 is 0.947 bits per heavy atom. The first-order chi connectivity index (χ1) is 8.54. The second-order valence-electron chi connectivity index (χ2n) is 4.77. The number of sulfonamides is 1. The molecule has 1 aromatic carbocycles. The zero-order valence-electron chi connectivity index (χ0n) is 11.4. The molecule has 0 radical (unpaired) electrons. The molecule has 1 atom stereocenters. The number of hydrogen-bond acceptors (Lipinski definition) is 4. The first-order valence-corrected chi connectivity index (χ1v) is 9.29. The molecule has 1 N–H and O–H groups in total. The summed E-state index contributed by atoms with van der Waals surface area (Å²) in [6.07, 6.45) is 1.13. The lowest BCUT2D eigenvalue weighted by atomic mass is 10.1. The predicted octanol–water partition coefficient (Wildman–Crippen LogP) is 1.48. The van der Waals surface area contributed by atoms with Crippen LogP contribution in [0, 0.1) is 0 Å². The minimum Gasteiger partial charge on any atom is -0.224 e. The highest BCUT2D eigenvalue weighted by atomic mass is 32.2. The van der Waals surface area contributed by atoms with E-state index in [4.69, 9.17) is 0 Å². The molecule has 1 unspecified atom stereocenters. The molecule has 0 aliphatic carbocycles. The van der Waals surface area contributed by atoms with Crippen LogP contribution in [0.25, 0.3) is 0 Å². The fourth-order valence-corrected chi connectivity index (χ4v) is 2.99. The van der Waals surface area contributed by atoms with Crippen LogP contribution in [0.3, 0.4) is 0 Å². The van der Waals surface area contributed by atoms with E-state index in [1.54, 1.807) is 32.9 Å². The second kappa shape index (κ2) is 5.60. The molecule has 19 heavy (non-hydrogen) atoms. The molecule has 0 aliphatic rings. The topological polar surface area (TPSA) is 80.3 Å². The maximum absolute atomic E-state index is 11.7. The summed E-state index contributed by atoms with van der Waals surface area (Å²) in [6, 6.07) is 5.78. The quantitative estimate of drug-likeness (QED) is 0.893. The van der Waals surface area contributed by atoms with Gasteiger partial charge < -0.3 is 0 Å². The largest absolute Gasteiger partial charge is 0.224 e. The summed E-state index contributed by atoms with van der Waals surface area (Å²) in [5.41, 5.74) is 0.719. The SMILES string of the molecule is CC(NS(=O)(=O)C(C)C)c1ccc(S(C)(=O)=O)cc1. The van der Waals surface area contributed by atoms with Crippen molar-refractivity contribution in [3.8, 4) is 0 Å². The fourth-order valence-electron chi connectivity index (χ4n) is 1.45. The van der Waals surface area contributed by atoms with Gasteiger partial charge in [0.1, 0.15) is 0 Å². The van der Waals surface area contributed by atoms with Crippen LogP contribution in [0.2, 0.25) is 0 Å². The number of rotatable bonds is 5. The second-order valence-corrected chi connectivity index (χ2v) is 9.06. The van der Waals surface area contributed by atoms with Crippen LogP contribution in [0.5, 0.6) is 0 Å². The summed E-state index contributed by atoms with van der Waals surface area (Å²) in [5.74, 6) is 0. The first-order valence-electron chi connectivity index (χ1n) is 5.85. The normalized spacial score (nSPS) is 14.6. The molecule has 1 aromatic rings. The first kappa shape index (κ1) is 16.1. The molecule has 7 heteroatoms. The molecule has 108 valence electrons. The summed E-state index contributed by atoms with van der Waals surface area (Å²) in [7, 11) is -6.58. The average Bonchev–Trinajstić information content (AvgIpc) is 2.27. The third kappa shape index (κ3) is 4.29. The molecule has 5 nitrogen and oxygen atoms in total. The van der Waals surface area contributed by atoms with Gasteiger partial charge >= 0.3 is 0 Å². The Balaban J connectivity index is 2.94. The Kier molecular flexibility index (Phi) is 4.76. The Morgan fingerprint density at radius 3 is 1.79 bits per heavy atom. The Morgan fingerprint density at radius 2 is 1.42 bits per heavy atom. The van der Waals surface area contributed by atoms with Crippen LogP contribution in [0.4, 0.5) is 0 Å². The van der Waals surface area contributed by atoms with E-state index in [9.17, 15) is 16.8 Å². The molecule has 0 saturated carbocycles. The third-order valence-electron chi connectivity index (χ3n) is 2.77. The minimum absolute atomic E-state index is 0.218. The summed E-state index contributed by atoms with van der Waals surface area (Å²) in [4.78, 5) is 0.218. The van der Waals surface area contributed by atoms with Gasteiger partial charge in [0.05, 0.1) is 10.1 Å². The van der Waals surface area contributed by atoms with Gasteiger partial charge in [-0.15, -0.1) is 0 Å². The van der Waals surface area contributed by atoms with Gasteiger partial charge in [-0.3, -0.25) is 0 Å². The maximum Gasteiger partial charge on any atom is 0.214 e. The van der Waals surface area contributed by atoms with E-state index < -0.39 is 31.2 Å². The van der Waals surface area contributed by atoms with Crippen molar-refractivity contribution in [3.05, 3.63) is 29.8 Å². The molecule has 0 fully saturated rings. The predicted molar refractivity (Wildman–Crippen MR) is 75.2 cm³/mol. The van der Waals surface area contributed by atoms with Gasteiger partial charge in [0.15, 0.2) is 9.84 Å². The molecule has 1 rings (SSSR count). The minimum atomic E-state index is -3.35. The molecule has 0 saturated heterocycles. The molecule has 0 spiro atoms. The van der Waals surface area contributed by atoms with Crippen LogP contribution < -0.4 is 4.72 Å². The molecule has 0 aromatic heterocycles. The summed E-state index contributed by atoms with van der Waals surface area (Å²) in [6.45, 7) is 4.92. The van der Waals surface area contributed by atoms with Gasteiger partial charge in [0.25, 0.3) is 0 Å². The zero-order chi connectivity index (χ0) is 14.8. The summed E-state index contributed by atoms with van der Waals surface area (Å²) >= 11 is 0. The van der Waals surface area contributed by atoms with Crippen molar-refractivity contribution in [1.29, 1.82) is 0 Å². The van der Waals surface area contributed by atoms with E-state index in [1.165, 1.54) is 12.1 Å². The van der Waals surface area contributed by atoms with Crippen LogP contribution in [-0.2, 0) is 19.9 Å². The van der Waals surface area contributed by atoms with Crippen molar-refractivity contribution in [2.24, 2.45) is 0 Å². The van der Waals surface area contributed by atoms with Crippen molar-refractivity contribution in [3.63, 3.8) is 0 Å². The van der Waals surface area contributed by atoms with Gasteiger partial charge in [0.2, 0.25) is 10.0 Å². The lowest BCUT2D eigenvalue weighted by molar-refractivity contribution is 0.557. The monoisotopic (exact) mass is 305 g/mol. The highest BCUT2D eigenvalue weighted by Crippen LogP contribution is 2.17. The molecule has 0 aliphatic heterocycles. The van der Waals surface area contributed by atoms with Gasteiger partial charge in [0, 0.05) is 12.3 Å². The van der Waals surface area contributed by atoms with Gasteiger partial charge in [-0.05, 0) is 38.5 Å². The van der Waals surface area contributed by atoms with E-state index in [1.807, 2.05) is 0 Å². The maximum atomic E-state index is 11.7. The highest BCUT2D eigenvalue weighted by molar-refractivity contribution is 7.90.